The van der Waals surface area contributed by atoms with Crippen molar-refractivity contribution >= 4 is 15.9 Å². The highest BCUT2D eigenvalue weighted by Crippen LogP contribution is 2.30. The fourth-order valence-electron chi connectivity index (χ4n) is 2.89. The number of carbonyl (C=O) groups is 1. The highest BCUT2D eigenvalue weighted by atomic mass is 32.2. The van der Waals surface area contributed by atoms with Gasteiger partial charge in [0.05, 0.1) is 23.2 Å². The van der Waals surface area contributed by atoms with Gasteiger partial charge in [-0.25, -0.2) is 8.42 Å². The first-order chi connectivity index (χ1) is 11.5. The molecule has 1 amide bonds. The van der Waals surface area contributed by atoms with Crippen molar-refractivity contribution in [1.82, 2.24) is 10.0 Å². The van der Waals surface area contributed by atoms with E-state index in [2.05, 4.69) is 10.0 Å². The lowest BCUT2D eigenvalue weighted by molar-refractivity contribution is -0.123. The largest absolute Gasteiger partial charge is 0.469 e. The Hall–Kier alpha value is -2.12. The summed E-state index contributed by atoms with van der Waals surface area (Å²) in [6.07, 6.45) is 4.23. The maximum absolute atomic E-state index is 12.4. The minimum absolute atomic E-state index is 0.135. The van der Waals surface area contributed by atoms with E-state index in [1.807, 2.05) is 6.07 Å². The molecule has 1 aromatic carbocycles. The molecular weight excluding hydrogens is 328 g/mol. The van der Waals surface area contributed by atoms with Crippen LogP contribution in [-0.4, -0.2) is 20.4 Å². The first-order valence-corrected chi connectivity index (χ1v) is 9.40. The third-order valence-corrected chi connectivity index (χ3v) is 5.70. The Kier molecular flexibility index (Phi) is 4.73. The highest BCUT2D eigenvalue weighted by molar-refractivity contribution is 7.89. The van der Waals surface area contributed by atoms with Crippen molar-refractivity contribution < 1.29 is 17.6 Å². The molecule has 0 fully saturated rings. The topological polar surface area (TPSA) is 88.4 Å². The van der Waals surface area contributed by atoms with E-state index in [9.17, 15) is 13.2 Å². The van der Waals surface area contributed by atoms with Crippen molar-refractivity contribution in [3.05, 3.63) is 54.0 Å². The zero-order chi connectivity index (χ0) is 17.2. The maximum atomic E-state index is 12.4. The van der Waals surface area contributed by atoms with Crippen LogP contribution in [0.4, 0.5) is 0 Å². The smallest absolute Gasteiger partial charge is 0.241 e. The van der Waals surface area contributed by atoms with E-state index in [0.29, 0.717) is 0 Å². The van der Waals surface area contributed by atoms with Gasteiger partial charge in [-0.3, -0.25) is 4.79 Å². The molecule has 0 saturated carbocycles. The number of amides is 1. The summed E-state index contributed by atoms with van der Waals surface area (Å²) in [6, 6.07) is 8.86. The molecule has 7 heteroatoms. The number of carbonyl (C=O) groups excluding carboxylic acids is 1. The molecule has 0 radical (unpaired) electrons. The maximum Gasteiger partial charge on any atom is 0.241 e. The number of aryl methyl sites for hydroxylation is 1. The summed E-state index contributed by atoms with van der Waals surface area (Å²) < 4.78 is 32.4. The number of benzene rings is 1. The van der Waals surface area contributed by atoms with Gasteiger partial charge in [0.25, 0.3) is 0 Å². The van der Waals surface area contributed by atoms with Crippen molar-refractivity contribution in [3.8, 4) is 0 Å². The van der Waals surface area contributed by atoms with Gasteiger partial charge in [0.15, 0.2) is 0 Å². The Balaban J connectivity index is 1.66. The predicted octanol–water partition coefficient (Wildman–Crippen LogP) is 2.14. The number of rotatable bonds is 5. The molecule has 2 aromatic rings. The summed E-state index contributed by atoms with van der Waals surface area (Å²) in [5.74, 6) is 0.539. The monoisotopic (exact) mass is 348 g/mol. The Bertz CT molecular complexity index is 814. The van der Waals surface area contributed by atoms with Crippen LogP contribution in [0.3, 0.4) is 0 Å². The second kappa shape index (κ2) is 6.78. The van der Waals surface area contributed by atoms with Crippen LogP contribution in [-0.2, 0) is 21.2 Å². The Morgan fingerprint density at radius 2 is 2.00 bits per heavy atom. The van der Waals surface area contributed by atoms with Crippen molar-refractivity contribution in [1.29, 1.82) is 0 Å². The van der Waals surface area contributed by atoms with E-state index in [0.717, 1.165) is 30.6 Å². The molecule has 24 heavy (non-hydrogen) atoms. The van der Waals surface area contributed by atoms with Gasteiger partial charge in [0.2, 0.25) is 15.9 Å². The van der Waals surface area contributed by atoms with E-state index in [1.165, 1.54) is 19.1 Å². The van der Waals surface area contributed by atoms with Gasteiger partial charge in [-0.1, -0.05) is 18.2 Å². The molecule has 1 aliphatic carbocycles. The van der Waals surface area contributed by atoms with Crippen molar-refractivity contribution in [2.45, 2.75) is 43.2 Å². The summed E-state index contributed by atoms with van der Waals surface area (Å²) in [5.41, 5.74) is 0.979. The fourth-order valence-corrected chi connectivity index (χ4v) is 4.11. The van der Waals surface area contributed by atoms with Crippen LogP contribution in [0.15, 0.2) is 52.0 Å². The predicted molar refractivity (Wildman–Crippen MR) is 88.8 cm³/mol. The van der Waals surface area contributed by atoms with Crippen molar-refractivity contribution in [2.75, 3.05) is 0 Å². The van der Waals surface area contributed by atoms with E-state index in [1.54, 1.807) is 24.5 Å². The summed E-state index contributed by atoms with van der Waals surface area (Å²) in [5, 5.41) is 2.91. The second-order valence-corrected chi connectivity index (χ2v) is 7.62. The Morgan fingerprint density at radius 3 is 2.75 bits per heavy atom. The number of sulfonamides is 1. The molecule has 128 valence electrons. The lowest BCUT2D eigenvalue weighted by Crippen LogP contribution is -2.46. The molecule has 1 aromatic heterocycles. The first kappa shape index (κ1) is 16.7. The van der Waals surface area contributed by atoms with Gasteiger partial charge >= 0.3 is 0 Å². The van der Waals surface area contributed by atoms with E-state index in [-0.39, 0.29) is 16.8 Å². The van der Waals surface area contributed by atoms with Crippen LogP contribution in [0.2, 0.25) is 0 Å². The normalized spacial score (nSPS) is 18.6. The molecular formula is C17H20N2O4S. The van der Waals surface area contributed by atoms with E-state index in [4.69, 9.17) is 4.42 Å². The zero-order valence-corrected chi connectivity index (χ0v) is 14.2. The van der Waals surface area contributed by atoms with E-state index < -0.39 is 16.1 Å². The van der Waals surface area contributed by atoms with Gasteiger partial charge < -0.3 is 9.73 Å². The van der Waals surface area contributed by atoms with Gasteiger partial charge in [-0.2, -0.15) is 4.72 Å². The van der Waals surface area contributed by atoms with Crippen LogP contribution in [0.1, 0.15) is 37.1 Å². The fraction of sp³-hybridized carbons (Fsp3) is 0.353. The third kappa shape index (κ3) is 3.52. The summed E-state index contributed by atoms with van der Waals surface area (Å²) >= 11 is 0. The first-order valence-electron chi connectivity index (χ1n) is 7.91. The number of hydrogen-bond acceptors (Lipinski definition) is 4. The molecule has 0 aliphatic heterocycles. The molecule has 2 N–H and O–H groups in total. The summed E-state index contributed by atoms with van der Waals surface area (Å²) in [6.45, 7) is 1.54. The minimum Gasteiger partial charge on any atom is -0.469 e. The average molecular weight is 348 g/mol. The van der Waals surface area contributed by atoms with Gasteiger partial charge in [0.1, 0.15) is 5.76 Å². The van der Waals surface area contributed by atoms with E-state index >= 15 is 0 Å². The Morgan fingerprint density at radius 1 is 1.25 bits per heavy atom. The van der Waals surface area contributed by atoms with Gasteiger partial charge in [-0.05, 0) is 38.0 Å². The SMILES string of the molecule is C[C@H](NS(=O)(=O)c1ccccc1)C(=O)NC1CCCc2occc21. The molecule has 0 bridgehead atoms. The standard InChI is InChI=1S/C17H20N2O4S/c1-12(19-24(21,22)13-6-3-2-4-7-13)17(20)18-15-8-5-9-16-14(15)10-11-23-16/h2-4,6-7,10-12,15,19H,5,8-9H2,1H3,(H,18,20)/t12-,15?/m0/s1. The average Bonchev–Trinajstić information content (AvgIpc) is 3.05. The van der Waals surface area contributed by atoms with Gasteiger partial charge in [-0.15, -0.1) is 0 Å². The Labute approximate surface area is 141 Å². The van der Waals surface area contributed by atoms with Crippen LogP contribution in [0.25, 0.3) is 0 Å². The van der Waals surface area contributed by atoms with Crippen LogP contribution in [0, 0.1) is 0 Å². The zero-order valence-electron chi connectivity index (χ0n) is 13.4. The van der Waals surface area contributed by atoms with Crippen LogP contribution >= 0.6 is 0 Å². The minimum atomic E-state index is -3.72. The lowest BCUT2D eigenvalue weighted by atomic mass is 9.93. The highest BCUT2D eigenvalue weighted by Gasteiger charge is 2.27. The number of fused-ring (bicyclic) bond motifs is 1. The number of nitrogens with one attached hydrogen (secondary N) is 2. The molecule has 1 unspecified atom stereocenters. The van der Waals surface area contributed by atoms with Crippen LogP contribution in [0.5, 0.6) is 0 Å². The molecule has 0 spiro atoms. The molecule has 6 nitrogen and oxygen atoms in total. The molecule has 0 saturated heterocycles. The molecule has 1 aliphatic rings. The van der Waals surface area contributed by atoms with Crippen molar-refractivity contribution in [3.63, 3.8) is 0 Å². The van der Waals surface area contributed by atoms with Crippen LogP contribution < -0.4 is 10.0 Å². The lowest BCUT2D eigenvalue weighted by Gasteiger charge is -2.24. The number of furan rings is 1. The second-order valence-electron chi connectivity index (χ2n) is 5.91. The van der Waals surface area contributed by atoms with Crippen molar-refractivity contribution in [2.24, 2.45) is 0 Å². The molecule has 3 rings (SSSR count). The number of hydrogen-bond donors (Lipinski definition) is 2. The summed E-state index contributed by atoms with van der Waals surface area (Å²) in [7, 11) is -3.72. The molecule has 2 atom stereocenters. The van der Waals surface area contributed by atoms with Gasteiger partial charge in [0, 0.05) is 12.0 Å². The summed E-state index contributed by atoms with van der Waals surface area (Å²) in [4.78, 5) is 12.5. The molecule has 1 heterocycles. The quantitative estimate of drug-likeness (QED) is 0.866. The third-order valence-electron chi connectivity index (χ3n) is 4.15.